The van der Waals surface area contributed by atoms with Crippen LogP contribution in [-0.2, 0) is 4.74 Å². The summed E-state index contributed by atoms with van der Waals surface area (Å²) >= 11 is 0. The van der Waals surface area contributed by atoms with Gasteiger partial charge in [0.2, 0.25) is 0 Å². The zero-order chi connectivity index (χ0) is 11.7. The molecular weight excluding hydrogens is 188 g/mol. The first-order valence-corrected chi connectivity index (χ1v) is 6.14. The Morgan fingerprint density at radius 2 is 2.00 bits per heavy atom. The normalized spacial score (nSPS) is 15.6. The van der Waals surface area contributed by atoms with Gasteiger partial charge in [-0.2, -0.15) is 0 Å². The van der Waals surface area contributed by atoms with Crippen LogP contribution in [0.1, 0.15) is 33.6 Å². The van der Waals surface area contributed by atoms with Gasteiger partial charge in [-0.3, -0.25) is 4.90 Å². The fraction of sp³-hybridized carbons (Fsp3) is 1.00. The largest absolute Gasteiger partial charge is 0.383 e. The summed E-state index contributed by atoms with van der Waals surface area (Å²) in [5.41, 5.74) is 5.87. The molecule has 0 spiro atoms. The highest BCUT2D eigenvalue weighted by molar-refractivity contribution is 4.77. The van der Waals surface area contributed by atoms with E-state index in [0.717, 1.165) is 26.2 Å². The van der Waals surface area contributed by atoms with Gasteiger partial charge in [-0.15, -0.1) is 0 Å². The number of hydrogen-bond acceptors (Lipinski definition) is 3. The van der Waals surface area contributed by atoms with Crippen LogP contribution in [0.2, 0.25) is 0 Å². The minimum atomic E-state index is 0.505. The quantitative estimate of drug-likeness (QED) is 0.638. The van der Waals surface area contributed by atoms with Crippen molar-refractivity contribution in [1.82, 2.24) is 4.90 Å². The number of nitrogens with zero attached hydrogens (tertiary/aromatic N) is 1. The summed E-state index contributed by atoms with van der Waals surface area (Å²) in [6, 6.07) is 0.505. The Bertz CT molecular complexity index is 142. The summed E-state index contributed by atoms with van der Waals surface area (Å²) in [5.74, 6) is 0.678. The molecule has 0 heterocycles. The van der Waals surface area contributed by atoms with Gasteiger partial charge in [0.25, 0.3) is 0 Å². The molecule has 92 valence electrons. The molecule has 0 aromatic heterocycles. The molecule has 2 N–H and O–H groups in total. The average molecular weight is 216 g/mol. The Morgan fingerprint density at radius 3 is 2.40 bits per heavy atom. The van der Waals surface area contributed by atoms with E-state index in [1.807, 2.05) is 0 Å². The van der Waals surface area contributed by atoms with Gasteiger partial charge in [0.1, 0.15) is 0 Å². The van der Waals surface area contributed by atoms with E-state index in [-0.39, 0.29) is 0 Å². The highest BCUT2D eigenvalue weighted by Crippen LogP contribution is 2.15. The van der Waals surface area contributed by atoms with E-state index in [1.165, 1.54) is 12.8 Å². The first-order chi connectivity index (χ1) is 7.21. The topological polar surface area (TPSA) is 38.5 Å². The predicted octanol–water partition coefficient (Wildman–Crippen LogP) is 1.72. The molecule has 2 atom stereocenters. The van der Waals surface area contributed by atoms with Crippen molar-refractivity contribution in [2.45, 2.75) is 39.7 Å². The van der Waals surface area contributed by atoms with E-state index in [9.17, 15) is 0 Å². The summed E-state index contributed by atoms with van der Waals surface area (Å²) in [5, 5.41) is 0. The summed E-state index contributed by atoms with van der Waals surface area (Å²) in [4.78, 5) is 2.43. The Labute approximate surface area is 95.0 Å². The second kappa shape index (κ2) is 9.13. The van der Waals surface area contributed by atoms with Crippen LogP contribution in [0.4, 0.5) is 0 Å². The van der Waals surface area contributed by atoms with Crippen molar-refractivity contribution in [1.29, 1.82) is 0 Å². The van der Waals surface area contributed by atoms with Crippen LogP contribution >= 0.6 is 0 Å². The van der Waals surface area contributed by atoms with Crippen LogP contribution in [-0.4, -0.2) is 44.3 Å². The summed E-state index contributed by atoms with van der Waals surface area (Å²) in [6.45, 7) is 10.3. The van der Waals surface area contributed by atoms with Gasteiger partial charge < -0.3 is 10.5 Å². The maximum absolute atomic E-state index is 5.87. The highest BCUT2D eigenvalue weighted by Gasteiger charge is 2.20. The molecule has 2 unspecified atom stereocenters. The second-order valence-corrected chi connectivity index (χ2v) is 4.19. The molecule has 0 aliphatic heterocycles. The monoisotopic (exact) mass is 216 g/mol. The molecule has 0 saturated carbocycles. The molecule has 3 heteroatoms. The Morgan fingerprint density at radius 1 is 1.33 bits per heavy atom. The van der Waals surface area contributed by atoms with Crippen molar-refractivity contribution >= 4 is 0 Å². The summed E-state index contributed by atoms with van der Waals surface area (Å²) in [6.07, 6.45) is 2.49. The zero-order valence-electron chi connectivity index (χ0n) is 10.8. The molecule has 0 amide bonds. The van der Waals surface area contributed by atoms with Crippen molar-refractivity contribution in [3.63, 3.8) is 0 Å². The van der Waals surface area contributed by atoms with Gasteiger partial charge in [0.05, 0.1) is 6.61 Å². The second-order valence-electron chi connectivity index (χ2n) is 4.19. The molecule has 0 fully saturated rings. The van der Waals surface area contributed by atoms with E-state index in [4.69, 9.17) is 10.5 Å². The van der Waals surface area contributed by atoms with Gasteiger partial charge in [0, 0.05) is 26.2 Å². The third-order valence-electron chi connectivity index (χ3n) is 3.10. The van der Waals surface area contributed by atoms with Crippen molar-refractivity contribution in [2.75, 3.05) is 33.4 Å². The number of ether oxygens (including phenoxy) is 1. The minimum absolute atomic E-state index is 0.505. The number of likely N-dealkylation sites (N-methyl/N-ethyl adjacent to an activating group) is 1. The van der Waals surface area contributed by atoms with E-state index in [1.54, 1.807) is 7.11 Å². The zero-order valence-corrected chi connectivity index (χ0v) is 10.8. The number of methoxy groups -OCH3 is 1. The molecule has 0 aromatic carbocycles. The SMILES string of the molecule is CCCC(C)C(CN)N(CC)CCOC. The lowest BCUT2D eigenvalue weighted by atomic mass is 9.95. The van der Waals surface area contributed by atoms with Gasteiger partial charge in [-0.25, -0.2) is 0 Å². The van der Waals surface area contributed by atoms with Crippen LogP contribution in [0.3, 0.4) is 0 Å². The lowest BCUT2D eigenvalue weighted by Gasteiger charge is -2.34. The molecule has 0 aliphatic rings. The molecule has 3 nitrogen and oxygen atoms in total. The third kappa shape index (κ3) is 5.50. The molecule has 0 radical (unpaired) electrons. The van der Waals surface area contributed by atoms with E-state index < -0.39 is 0 Å². The van der Waals surface area contributed by atoms with Gasteiger partial charge >= 0.3 is 0 Å². The maximum Gasteiger partial charge on any atom is 0.0589 e. The maximum atomic E-state index is 5.87. The summed E-state index contributed by atoms with van der Waals surface area (Å²) < 4.78 is 5.13. The van der Waals surface area contributed by atoms with E-state index in [2.05, 4.69) is 25.7 Å². The van der Waals surface area contributed by atoms with Gasteiger partial charge in [-0.1, -0.05) is 27.2 Å². The number of nitrogens with two attached hydrogens (primary N) is 1. The smallest absolute Gasteiger partial charge is 0.0589 e. The van der Waals surface area contributed by atoms with Crippen LogP contribution in [0, 0.1) is 5.92 Å². The van der Waals surface area contributed by atoms with Crippen molar-refractivity contribution < 1.29 is 4.74 Å². The molecular formula is C12H28N2O. The first kappa shape index (κ1) is 14.9. The lowest BCUT2D eigenvalue weighted by molar-refractivity contribution is 0.102. The van der Waals surface area contributed by atoms with Crippen molar-refractivity contribution in [3.8, 4) is 0 Å². The van der Waals surface area contributed by atoms with Crippen LogP contribution in [0.15, 0.2) is 0 Å². The third-order valence-corrected chi connectivity index (χ3v) is 3.10. The van der Waals surface area contributed by atoms with Gasteiger partial charge in [-0.05, 0) is 18.9 Å². The van der Waals surface area contributed by atoms with Crippen molar-refractivity contribution in [2.24, 2.45) is 11.7 Å². The molecule has 15 heavy (non-hydrogen) atoms. The standard InChI is InChI=1S/C12H28N2O/c1-5-7-11(3)12(10-13)14(6-2)8-9-15-4/h11-12H,5-10,13H2,1-4H3. The molecule has 0 aliphatic carbocycles. The fourth-order valence-corrected chi connectivity index (χ4v) is 2.16. The van der Waals surface area contributed by atoms with Crippen molar-refractivity contribution in [3.05, 3.63) is 0 Å². The molecule has 0 bridgehead atoms. The Kier molecular flexibility index (Phi) is 9.06. The Hall–Kier alpha value is -0.120. The van der Waals surface area contributed by atoms with Crippen LogP contribution in [0.5, 0.6) is 0 Å². The van der Waals surface area contributed by atoms with E-state index in [0.29, 0.717) is 12.0 Å². The van der Waals surface area contributed by atoms with Crippen LogP contribution in [0.25, 0.3) is 0 Å². The van der Waals surface area contributed by atoms with E-state index >= 15 is 0 Å². The number of hydrogen-bond donors (Lipinski definition) is 1. The average Bonchev–Trinajstić information content (AvgIpc) is 2.24. The molecule has 0 saturated heterocycles. The highest BCUT2D eigenvalue weighted by atomic mass is 16.5. The number of rotatable bonds is 9. The fourth-order valence-electron chi connectivity index (χ4n) is 2.16. The molecule has 0 rings (SSSR count). The first-order valence-electron chi connectivity index (χ1n) is 6.14. The Balaban J connectivity index is 4.18. The minimum Gasteiger partial charge on any atom is -0.383 e. The molecule has 0 aromatic rings. The van der Waals surface area contributed by atoms with Gasteiger partial charge in [0.15, 0.2) is 0 Å². The lowest BCUT2D eigenvalue weighted by Crippen LogP contribution is -2.46. The predicted molar refractivity (Wildman–Crippen MR) is 66.0 cm³/mol. The summed E-state index contributed by atoms with van der Waals surface area (Å²) in [7, 11) is 1.75. The van der Waals surface area contributed by atoms with Crippen LogP contribution < -0.4 is 5.73 Å².